The van der Waals surface area contributed by atoms with Crippen LogP contribution in [0.25, 0.3) is 0 Å². The Kier molecular flexibility index (Phi) is 6.17. The molecule has 1 atom stereocenters. The van der Waals surface area contributed by atoms with Crippen LogP contribution in [0.4, 0.5) is 0 Å². The minimum Gasteiger partial charge on any atom is -0.303 e. The average molecular weight is 278 g/mol. The lowest BCUT2D eigenvalue weighted by Gasteiger charge is -2.25. The van der Waals surface area contributed by atoms with E-state index in [1.807, 2.05) is 27.7 Å². The fourth-order valence-corrected chi connectivity index (χ4v) is 1.80. The van der Waals surface area contributed by atoms with Gasteiger partial charge in [0.25, 0.3) is 0 Å². The number of benzene rings is 1. The van der Waals surface area contributed by atoms with Gasteiger partial charge in [-0.3, -0.25) is 4.79 Å². The van der Waals surface area contributed by atoms with E-state index in [1.165, 1.54) is 0 Å². The Morgan fingerprint density at radius 1 is 1.41 bits per heavy atom. The van der Waals surface area contributed by atoms with Gasteiger partial charge < -0.3 is 5.32 Å². The molecule has 98 valence electrons. The predicted molar refractivity (Wildman–Crippen MR) is 77.5 cm³/mol. The van der Waals surface area contributed by atoms with Crippen molar-refractivity contribution in [3.8, 4) is 0 Å². The summed E-state index contributed by atoms with van der Waals surface area (Å²) in [5.41, 5.74) is 0.574. The average Bonchev–Trinajstić information content (AvgIpc) is 2.14. The van der Waals surface area contributed by atoms with Gasteiger partial charge in [-0.05, 0) is 39.8 Å². The van der Waals surface area contributed by atoms with Gasteiger partial charge in [-0.25, -0.2) is 0 Å². The molecule has 0 amide bonds. The summed E-state index contributed by atoms with van der Waals surface area (Å²) in [6.07, 6.45) is 0. The molecule has 0 radical (unpaired) electrons. The molecule has 0 spiro atoms. The molecule has 0 saturated carbocycles. The number of hydrogen-bond donors (Lipinski definition) is 1. The maximum absolute atomic E-state index is 12.1. The molecule has 1 unspecified atom stereocenters. The molecule has 1 aromatic carbocycles. The molecule has 1 N–H and O–H groups in total. The first-order valence-corrected chi connectivity index (χ1v) is 5.75. The molecule has 4 heteroatoms. The summed E-state index contributed by atoms with van der Waals surface area (Å²) in [4.78, 5) is 12.1. The zero-order valence-corrected chi connectivity index (χ0v) is 12.2. The van der Waals surface area contributed by atoms with Crippen LogP contribution in [-0.2, 0) is 0 Å². The quantitative estimate of drug-likeness (QED) is 0.848. The first-order chi connectivity index (χ1) is 7.29. The molecular weight excluding hydrogens is 257 g/mol. The lowest BCUT2D eigenvalue weighted by atomic mass is 10.0. The van der Waals surface area contributed by atoms with E-state index in [2.05, 4.69) is 5.32 Å². The number of halogens is 2. The van der Waals surface area contributed by atoms with Gasteiger partial charge in [-0.1, -0.05) is 23.7 Å². The summed E-state index contributed by atoms with van der Waals surface area (Å²) in [6.45, 7) is 7.98. The van der Waals surface area contributed by atoms with Gasteiger partial charge in [-0.15, -0.1) is 12.4 Å². The molecule has 0 aliphatic carbocycles. The normalized spacial score (nSPS) is 12.8. The third-order valence-corrected chi connectivity index (χ3v) is 2.39. The van der Waals surface area contributed by atoms with Gasteiger partial charge in [-0.2, -0.15) is 0 Å². The van der Waals surface area contributed by atoms with E-state index in [4.69, 9.17) is 11.6 Å². The first-order valence-electron chi connectivity index (χ1n) is 5.37. The van der Waals surface area contributed by atoms with E-state index in [0.717, 1.165) is 0 Å². The van der Waals surface area contributed by atoms with Gasteiger partial charge in [0.2, 0.25) is 0 Å². The molecule has 1 aromatic rings. The molecule has 0 bridgehead atoms. The molecule has 0 aliphatic heterocycles. The largest absolute Gasteiger partial charge is 0.303 e. The highest BCUT2D eigenvalue weighted by Gasteiger charge is 2.20. The lowest BCUT2D eigenvalue weighted by molar-refractivity contribution is 0.0936. The summed E-state index contributed by atoms with van der Waals surface area (Å²) in [5, 5.41) is 3.84. The molecule has 1 rings (SSSR count). The van der Waals surface area contributed by atoms with Crippen molar-refractivity contribution in [2.45, 2.75) is 39.3 Å². The van der Waals surface area contributed by atoms with E-state index in [9.17, 15) is 4.79 Å². The van der Waals surface area contributed by atoms with Crippen molar-refractivity contribution in [2.75, 3.05) is 0 Å². The minimum atomic E-state index is -0.210. The number of carbonyl (C=O) groups is 1. The predicted octanol–water partition coefficient (Wildman–Crippen LogP) is 3.97. The number of nitrogens with one attached hydrogen (secondary N) is 1. The Morgan fingerprint density at radius 3 is 2.47 bits per heavy atom. The Balaban J connectivity index is 0. The van der Waals surface area contributed by atoms with Gasteiger partial charge in [0.05, 0.1) is 6.04 Å². The molecule has 0 fully saturated rings. The summed E-state index contributed by atoms with van der Waals surface area (Å²) in [7, 11) is 0. The van der Waals surface area contributed by atoms with Gasteiger partial charge in [0.15, 0.2) is 5.78 Å². The van der Waals surface area contributed by atoms with Crippen LogP contribution in [0.5, 0.6) is 0 Å². The number of ketones is 1. The second kappa shape index (κ2) is 6.39. The minimum absolute atomic E-state index is 0. The maximum atomic E-state index is 12.1. The van der Waals surface area contributed by atoms with Crippen LogP contribution in [0.15, 0.2) is 24.3 Å². The zero-order valence-electron chi connectivity index (χ0n) is 10.6. The van der Waals surface area contributed by atoms with Crippen LogP contribution in [-0.4, -0.2) is 17.4 Å². The van der Waals surface area contributed by atoms with Crippen LogP contribution < -0.4 is 5.32 Å². The van der Waals surface area contributed by atoms with Gasteiger partial charge in [0, 0.05) is 17.6 Å². The van der Waals surface area contributed by atoms with Crippen molar-refractivity contribution < 1.29 is 6.22 Å². The van der Waals surface area contributed by atoms with Gasteiger partial charge in [0.1, 0.15) is 0 Å². The number of Topliss-reactive ketones (excluding diaryl/α,β-unsaturated/α-hetero) is 1. The Morgan fingerprint density at radius 2 is 2.00 bits per heavy atom. The standard InChI is InChI=1S/C13H18ClNO.ClH.H2/c1-9(15-13(2,3)4)12(16)10-6-5-7-11(14)8-10;;/h5-9,15H,1-4H3;2*1H. The maximum Gasteiger partial charge on any atom is 0.179 e. The fourth-order valence-electron chi connectivity index (χ4n) is 1.61. The number of carbonyl (C=O) groups excluding carboxylic acids is 1. The SMILES string of the molecule is CC(NC(C)(C)C)C(=O)c1cccc(Cl)c1.Cl.[HH]. The third-order valence-electron chi connectivity index (χ3n) is 2.15. The second-order valence-corrected chi connectivity index (χ2v) is 5.43. The van der Waals surface area contributed by atoms with Crippen LogP contribution in [0.3, 0.4) is 0 Å². The van der Waals surface area contributed by atoms with E-state index in [-0.39, 0.29) is 31.2 Å². The van der Waals surface area contributed by atoms with Crippen molar-refractivity contribution in [3.05, 3.63) is 34.9 Å². The van der Waals surface area contributed by atoms with Crippen LogP contribution in [0, 0.1) is 0 Å². The summed E-state index contributed by atoms with van der Waals surface area (Å²) in [5.74, 6) is 0.0671. The van der Waals surface area contributed by atoms with Crippen molar-refractivity contribution in [3.63, 3.8) is 0 Å². The van der Waals surface area contributed by atoms with Crippen molar-refractivity contribution in [1.82, 2.24) is 5.32 Å². The highest BCUT2D eigenvalue weighted by atomic mass is 35.5. The molecule has 0 aromatic heterocycles. The molecule has 2 nitrogen and oxygen atoms in total. The third kappa shape index (κ3) is 5.53. The first kappa shape index (κ1) is 16.4. The van der Waals surface area contributed by atoms with Crippen LogP contribution in [0.2, 0.25) is 5.02 Å². The summed E-state index contributed by atoms with van der Waals surface area (Å²) >= 11 is 5.85. The molecule has 17 heavy (non-hydrogen) atoms. The summed E-state index contributed by atoms with van der Waals surface area (Å²) < 4.78 is 0. The topological polar surface area (TPSA) is 29.1 Å². The van der Waals surface area contributed by atoms with E-state index < -0.39 is 0 Å². The van der Waals surface area contributed by atoms with Crippen molar-refractivity contribution in [2.24, 2.45) is 0 Å². The van der Waals surface area contributed by atoms with E-state index >= 15 is 0 Å². The van der Waals surface area contributed by atoms with E-state index in [0.29, 0.717) is 10.6 Å². The van der Waals surface area contributed by atoms with Crippen molar-refractivity contribution in [1.29, 1.82) is 0 Å². The smallest absolute Gasteiger partial charge is 0.179 e. The number of hydrogen-bond acceptors (Lipinski definition) is 2. The molecular formula is C13H21Cl2NO. The fraction of sp³-hybridized carbons (Fsp3) is 0.462. The van der Waals surface area contributed by atoms with E-state index in [1.54, 1.807) is 24.3 Å². The van der Waals surface area contributed by atoms with Crippen LogP contribution in [0.1, 0.15) is 39.5 Å². The molecule has 0 heterocycles. The second-order valence-electron chi connectivity index (χ2n) is 4.99. The van der Waals surface area contributed by atoms with Crippen LogP contribution >= 0.6 is 24.0 Å². The summed E-state index contributed by atoms with van der Waals surface area (Å²) in [6, 6.07) is 6.83. The molecule has 0 aliphatic rings. The highest BCUT2D eigenvalue weighted by molar-refractivity contribution is 6.31. The molecule has 0 saturated heterocycles. The Labute approximate surface area is 116 Å². The number of rotatable bonds is 3. The Bertz CT molecular complexity index is 391. The lowest BCUT2D eigenvalue weighted by Crippen LogP contribution is -2.46. The van der Waals surface area contributed by atoms with Crippen molar-refractivity contribution >= 4 is 29.8 Å². The zero-order chi connectivity index (χ0) is 12.3. The van der Waals surface area contributed by atoms with Gasteiger partial charge >= 0.3 is 0 Å². The monoisotopic (exact) mass is 277 g/mol. The highest BCUT2D eigenvalue weighted by Crippen LogP contribution is 2.13. The Hall–Kier alpha value is -0.570.